The summed E-state index contributed by atoms with van der Waals surface area (Å²) < 4.78 is 7.30. The number of para-hydroxylation sites is 4. The monoisotopic (exact) mass is 879 g/mol. The molecule has 322 valence electrons. The average Bonchev–Trinajstić information content (AvgIpc) is 4.05. The van der Waals surface area contributed by atoms with Gasteiger partial charge in [-0.15, -0.1) is 0 Å². The first-order chi connectivity index (χ1) is 34.2. The molecule has 0 amide bonds. The fourth-order valence-electron chi connectivity index (χ4n) is 11.6. The highest BCUT2D eigenvalue weighted by Crippen LogP contribution is 2.42. The highest BCUT2D eigenvalue weighted by Gasteiger charge is 2.27. The number of benzene rings is 11. The van der Waals surface area contributed by atoms with Crippen LogP contribution in [0.3, 0.4) is 0 Å². The molecule has 5 heteroatoms. The number of hydrogen-bond acceptors (Lipinski definition) is 2. The molecular weight excluding hydrogens is 839 g/mol. The number of aromatic nitrogens is 3. The lowest BCUT2D eigenvalue weighted by Crippen LogP contribution is -2.21. The van der Waals surface area contributed by atoms with Gasteiger partial charge in [-0.1, -0.05) is 164 Å². The quantitative estimate of drug-likeness (QED) is 0.184. The minimum Gasteiger partial charge on any atom is -0.359 e. The Morgan fingerprint density at radius 3 is 1.32 bits per heavy atom. The number of aliphatic imine (C=N–C) groups is 1. The van der Waals surface area contributed by atoms with Crippen LogP contribution < -0.4 is 5.32 Å². The lowest BCUT2D eigenvalue weighted by Gasteiger charge is -2.28. The van der Waals surface area contributed by atoms with Crippen LogP contribution in [0.15, 0.2) is 242 Å². The molecule has 1 N–H and O–H groups in total. The molecule has 3 aromatic heterocycles. The number of rotatable bonds is 5. The zero-order valence-corrected chi connectivity index (χ0v) is 37.4. The Morgan fingerprint density at radius 2 is 0.754 bits per heavy atom. The first-order valence-electron chi connectivity index (χ1n) is 23.7. The van der Waals surface area contributed by atoms with Crippen molar-refractivity contribution in [1.82, 2.24) is 13.7 Å². The Morgan fingerprint density at radius 1 is 0.319 bits per heavy atom. The Balaban J connectivity index is 0.972. The minimum absolute atomic E-state index is 0.292. The maximum Gasteiger partial charge on any atom is 0.146 e. The van der Waals surface area contributed by atoms with Gasteiger partial charge in [-0.25, -0.2) is 0 Å². The molecule has 15 rings (SSSR count). The Labute approximate surface area is 397 Å². The zero-order valence-electron chi connectivity index (χ0n) is 37.4. The van der Waals surface area contributed by atoms with E-state index in [0.717, 1.165) is 56.2 Å². The molecule has 0 saturated heterocycles. The molecule has 69 heavy (non-hydrogen) atoms. The number of nitrogens with zero attached hydrogens (tertiary/aromatic N) is 4. The molecule has 5 nitrogen and oxygen atoms in total. The molecule has 1 unspecified atom stereocenters. The van der Waals surface area contributed by atoms with E-state index in [1.54, 1.807) is 0 Å². The van der Waals surface area contributed by atoms with Crippen molar-refractivity contribution < 1.29 is 0 Å². The van der Waals surface area contributed by atoms with Crippen LogP contribution in [-0.4, -0.2) is 19.4 Å². The Hall–Kier alpha value is -9.19. The summed E-state index contributed by atoms with van der Waals surface area (Å²) in [5.74, 6) is 0. The predicted molar refractivity (Wildman–Crippen MR) is 289 cm³/mol. The summed E-state index contributed by atoms with van der Waals surface area (Å²) in [4.78, 5) is 5.64. The van der Waals surface area contributed by atoms with Crippen molar-refractivity contribution >= 4 is 98.4 Å². The van der Waals surface area contributed by atoms with E-state index in [1.807, 2.05) is 0 Å². The molecule has 14 aromatic rings. The molecule has 1 aliphatic heterocycles. The fraction of sp³-hybridized carbons (Fsp3) is 0.0156. The molecule has 0 bridgehead atoms. The highest BCUT2D eigenvalue weighted by atomic mass is 15.1. The SMILES string of the molecule is c1cc(C2=NC(c3cccc4ccccc34)Nc3c2ccc2ccccc32)cc(-n2c3ccc(-n4c5ccccc5c5ccccc54)cc3c3cc(-n4c5ccccc5c5ccccc54)ccc32)c1. The van der Waals surface area contributed by atoms with Crippen LogP contribution in [0.25, 0.3) is 104 Å². The van der Waals surface area contributed by atoms with Crippen LogP contribution in [0.2, 0.25) is 0 Å². The topological polar surface area (TPSA) is 39.2 Å². The van der Waals surface area contributed by atoms with E-state index in [9.17, 15) is 0 Å². The third kappa shape index (κ3) is 5.62. The van der Waals surface area contributed by atoms with Crippen molar-refractivity contribution in [2.75, 3.05) is 5.32 Å². The van der Waals surface area contributed by atoms with Crippen molar-refractivity contribution in [1.29, 1.82) is 0 Å². The van der Waals surface area contributed by atoms with E-state index in [2.05, 4.69) is 256 Å². The number of hydrogen-bond donors (Lipinski definition) is 1. The smallest absolute Gasteiger partial charge is 0.146 e. The van der Waals surface area contributed by atoms with Crippen LogP contribution in [0.1, 0.15) is 22.9 Å². The fourth-order valence-corrected chi connectivity index (χ4v) is 11.6. The summed E-state index contributed by atoms with van der Waals surface area (Å²) in [5.41, 5.74) is 15.8. The summed E-state index contributed by atoms with van der Waals surface area (Å²) in [6, 6.07) is 86.4. The normalized spacial score (nSPS) is 13.9. The Kier molecular flexibility index (Phi) is 8.06. The van der Waals surface area contributed by atoms with Crippen LogP contribution in [0.5, 0.6) is 0 Å². The van der Waals surface area contributed by atoms with E-state index in [-0.39, 0.29) is 6.17 Å². The summed E-state index contributed by atoms with van der Waals surface area (Å²) in [7, 11) is 0. The molecule has 0 saturated carbocycles. The van der Waals surface area contributed by atoms with Gasteiger partial charge >= 0.3 is 0 Å². The summed E-state index contributed by atoms with van der Waals surface area (Å²) in [6.07, 6.45) is -0.292. The maximum absolute atomic E-state index is 5.64. The third-order valence-corrected chi connectivity index (χ3v) is 14.6. The van der Waals surface area contributed by atoms with Gasteiger partial charge in [0.1, 0.15) is 6.17 Å². The van der Waals surface area contributed by atoms with Crippen molar-refractivity contribution in [3.63, 3.8) is 0 Å². The maximum atomic E-state index is 5.64. The van der Waals surface area contributed by atoms with Crippen LogP contribution in [0, 0.1) is 0 Å². The molecule has 1 atom stereocenters. The number of fused-ring (bicyclic) bond motifs is 13. The first kappa shape index (κ1) is 38.0. The van der Waals surface area contributed by atoms with Crippen LogP contribution in [0.4, 0.5) is 5.69 Å². The standard InChI is InChI=1S/C64H41N5/c1-3-20-46-40(15-1)17-14-26-52(46)64-65-62(53-34-31-41-16-2-4-21-47(41)63(53)66-64)42-18-13-19-43(37-42)67-60-35-32-44(68-56-27-9-5-22-48(56)49-23-6-10-28-57(49)68)38-54(60)55-39-45(33-36-61(55)67)69-58-29-11-7-24-50(58)51-25-8-12-30-59(51)69/h1-39,64,66H. The van der Waals surface area contributed by atoms with Gasteiger partial charge in [0.2, 0.25) is 0 Å². The lowest BCUT2D eigenvalue weighted by molar-refractivity contribution is 0.838. The number of anilines is 1. The first-order valence-corrected chi connectivity index (χ1v) is 23.7. The van der Waals surface area contributed by atoms with Gasteiger partial charge in [0, 0.05) is 71.5 Å². The van der Waals surface area contributed by atoms with Gasteiger partial charge in [0.15, 0.2) is 0 Å². The zero-order chi connectivity index (χ0) is 45.2. The minimum atomic E-state index is -0.292. The lowest BCUT2D eigenvalue weighted by atomic mass is 9.93. The third-order valence-electron chi connectivity index (χ3n) is 14.6. The van der Waals surface area contributed by atoms with E-state index in [1.165, 1.54) is 75.9 Å². The van der Waals surface area contributed by atoms with Crippen molar-refractivity contribution in [2.45, 2.75) is 6.17 Å². The second kappa shape index (κ2) is 14.7. The summed E-state index contributed by atoms with van der Waals surface area (Å²) >= 11 is 0. The number of nitrogens with one attached hydrogen (secondary N) is 1. The molecule has 0 spiro atoms. The van der Waals surface area contributed by atoms with Gasteiger partial charge in [0.05, 0.1) is 44.5 Å². The van der Waals surface area contributed by atoms with E-state index in [4.69, 9.17) is 4.99 Å². The van der Waals surface area contributed by atoms with E-state index >= 15 is 0 Å². The molecule has 1 aliphatic rings. The van der Waals surface area contributed by atoms with Crippen molar-refractivity contribution in [3.05, 3.63) is 253 Å². The predicted octanol–water partition coefficient (Wildman–Crippen LogP) is 16.2. The molecule has 0 aliphatic carbocycles. The van der Waals surface area contributed by atoms with Gasteiger partial charge in [-0.05, 0) is 89.0 Å². The van der Waals surface area contributed by atoms with Gasteiger partial charge in [-0.2, -0.15) is 0 Å². The molecule has 4 heterocycles. The molecule has 11 aromatic carbocycles. The van der Waals surface area contributed by atoms with Crippen molar-refractivity contribution in [3.8, 4) is 17.1 Å². The van der Waals surface area contributed by atoms with Crippen molar-refractivity contribution in [2.24, 2.45) is 4.99 Å². The molecule has 0 radical (unpaired) electrons. The largest absolute Gasteiger partial charge is 0.359 e. The summed E-state index contributed by atoms with van der Waals surface area (Å²) in [6.45, 7) is 0. The van der Waals surface area contributed by atoms with Crippen LogP contribution in [-0.2, 0) is 0 Å². The van der Waals surface area contributed by atoms with E-state index in [0.29, 0.717) is 0 Å². The highest BCUT2D eigenvalue weighted by molar-refractivity contribution is 6.21. The summed E-state index contributed by atoms with van der Waals surface area (Å²) in [5, 5.41) is 16.1. The second-order valence-corrected chi connectivity index (χ2v) is 18.3. The van der Waals surface area contributed by atoms with E-state index < -0.39 is 0 Å². The molecular formula is C64H41N5. The van der Waals surface area contributed by atoms with Gasteiger partial charge in [-0.3, -0.25) is 4.99 Å². The van der Waals surface area contributed by atoms with Gasteiger partial charge < -0.3 is 19.0 Å². The Bertz CT molecular complexity index is 4200. The van der Waals surface area contributed by atoms with Crippen LogP contribution >= 0.6 is 0 Å². The molecule has 0 fully saturated rings. The second-order valence-electron chi connectivity index (χ2n) is 18.3. The average molecular weight is 880 g/mol. The van der Waals surface area contributed by atoms with Gasteiger partial charge in [0.25, 0.3) is 0 Å².